The Morgan fingerprint density at radius 1 is 1.31 bits per heavy atom. The Kier molecular flexibility index (Phi) is 4.18. The van der Waals surface area contributed by atoms with Gasteiger partial charge in [0.1, 0.15) is 0 Å². The van der Waals surface area contributed by atoms with Crippen LogP contribution in [0.2, 0.25) is 0 Å². The van der Waals surface area contributed by atoms with Crippen molar-refractivity contribution in [3.63, 3.8) is 0 Å². The Bertz CT molecular complexity index is 236. The lowest BCUT2D eigenvalue weighted by atomic mass is 10.2. The van der Waals surface area contributed by atoms with Gasteiger partial charge in [0.05, 0.1) is 13.7 Å². The lowest BCUT2D eigenvalue weighted by molar-refractivity contribution is 0.150. The Balaban J connectivity index is 2.40. The van der Waals surface area contributed by atoms with Gasteiger partial charge in [0.15, 0.2) is 0 Å². The van der Waals surface area contributed by atoms with Gasteiger partial charge in [-0.25, -0.2) is 9.97 Å². The summed E-state index contributed by atoms with van der Waals surface area (Å²) < 4.78 is 10.0. The summed E-state index contributed by atoms with van der Waals surface area (Å²) in [5, 5.41) is 0. The largest absolute Gasteiger partial charge is 0.467 e. The molecule has 0 N–H and O–H groups in total. The highest BCUT2D eigenvalue weighted by Crippen LogP contribution is 2.02. The fourth-order valence-electron chi connectivity index (χ4n) is 0.912. The number of aromatic nitrogens is 2. The molecule has 72 valence electrons. The minimum absolute atomic E-state index is 0.403. The summed E-state index contributed by atoms with van der Waals surface area (Å²) in [4.78, 5) is 7.97. The molecule has 4 heteroatoms. The molecular weight excluding hydrogens is 168 g/mol. The quantitative estimate of drug-likeness (QED) is 0.639. The second kappa shape index (κ2) is 5.48. The maximum absolute atomic E-state index is 5.21. The van der Waals surface area contributed by atoms with E-state index >= 15 is 0 Å². The van der Waals surface area contributed by atoms with E-state index in [4.69, 9.17) is 9.47 Å². The predicted molar refractivity (Wildman–Crippen MR) is 48.8 cm³/mol. The Morgan fingerprint density at radius 2 is 2.00 bits per heavy atom. The molecule has 0 aliphatic heterocycles. The van der Waals surface area contributed by atoms with Crippen LogP contribution >= 0.6 is 0 Å². The van der Waals surface area contributed by atoms with Gasteiger partial charge in [-0.3, -0.25) is 0 Å². The number of hydrogen-bond donors (Lipinski definition) is 0. The number of ether oxygens (including phenoxy) is 2. The number of nitrogens with zero attached hydrogens (tertiary/aromatic N) is 2. The van der Waals surface area contributed by atoms with Gasteiger partial charge in [-0.1, -0.05) is 0 Å². The third-order valence-corrected chi connectivity index (χ3v) is 1.60. The van der Waals surface area contributed by atoms with Crippen molar-refractivity contribution in [2.45, 2.75) is 13.3 Å². The topological polar surface area (TPSA) is 44.2 Å². The van der Waals surface area contributed by atoms with Gasteiger partial charge in [-0.05, 0) is 18.9 Å². The minimum atomic E-state index is 0.403. The Morgan fingerprint density at radius 3 is 2.54 bits per heavy atom. The number of rotatable bonds is 5. The summed E-state index contributed by atoms with van der Waals surface area (Å²) >= 11 is 0. The van der Waals surface area contributed by atoms with Crippen LogP contribution in [-0.2, 0) is 11.2 Å². The molecule has 1 heterocycles. The van der Waals surface area contributed by atoms with Gasteiger partial charge in [-0.2, -0.15) is 0 Å². The third kappa shape index (κ3) is 3.38. The van der Waals surface area contributed by atoms with Crippen LogP contribution in [0.4, 0.5) is 0 Å². The summed E-state index contributed by atoms with van der Waals surface area (Å²) in [6.45, 7) is 3.44. The molecule has 1 aromatic heterocycles. The Hall–Kier alpha value is -1.16. The van der Waals surface area contributed by atoms with Gasteiger partial charge in [0.25, 0.3) is 0 Å². The molecule has 0 spiro atoms. The van der Waals surface area contributed by atoms with Crippen molar-refractivity contribution < 1.29 is 9.47 Å². The molecular formula is C9H14N2O2. The molecule has 1 rings (SSSR count). The van der Waals surface area contributed by atoms with Crippen molar-refractivity contribution in [1.29, 1.82) is 0 Å². The van der Waals surface area contributed by atoms with E-state index in [1.807, 2.05) is 6.92 Å². The zero-order valence-corrected chi connectivity index (χ0v) is 7.99. The van der Waals surface area contributed by atoms with Crippen LogP contribution < -0.4 is 4.74 Å². The van der Waals surface area contributed by atoms with Gasteiger partial charge >= 0.3 is 6.01 Å². The first-order valence-corrected chi connectivity index (χ1v) is 4.29. The van der Waals surface area contributed by atoms with Crippen LogP contribution in [0.25, 0.3) is 0 Å². The third-order valence-electron chi connectivity index (χ3n) is 1.60. The first-order valence-electron chi connectivity index (χ1n) is 4.29. The molecule has 0 aromatic carbocycles. The maximum Gasteiger partial charge on any atom is 0.316 e. The van der Waals surface area contributed by atoms with E-state index in [2.05, 4.69) is 9.97 Å². The van der Waals surface area contributed by atoms with Crippen molar-refractivity contribution in [1.82, 2.24) is 9.97 Å². The summed E-state index contributed by atoms with van der Waals surface area (Å²) in [6.07, 6.45) is 4.35. The van der Waals surface area contributed by atoms with Gasteiger partial charge in [0.2, 0.25) is 0 Å². The molecule has 0 aliphatic rings. The molecule has 0 saturated heterocycles. The smallest absolute Gasteiger partial charge is 0.316 e. The molecule has 0 atom stereocenters. The second-order valence-electron chi connectivity index (χ2n) is 2.52. The summed E-state index contributed by atoms with van der Waals surface area (Å²) in [7, 11) is 1.55. The number of hydrogen-bond acceptors (Lipinski definition) is 4. The molecule has 1 aromatic rings. The van der Waals surface area contributed by atoms with Crippen molar-refractivity contribution in [3.05, 3.63) is 18.0 Å². The van der Waals surface area contributed by atoms with Gasteiger partial charge < -0.3 is 9.47 Å². The van der Waals surface area contributed by atoms with Crippen molar-refractivity contribution in [2.24, 2.45) is 0 Å². The van der Waals surface area contributed by atoms with E-state index in [-0.39, 0.29) is 0 Å². The molecule has 0 fully saturated rings. The average molecular weight is 182 g/mol. The van der Waals surface area contributed by atoms with Gasteiger partial charge in [-0.15, -0.1) is 0 Å². The fourth-order valence-corrected chi connectivity index (χ4v) is 0.912. The summed E-state index contributed by atoms with van der Waals surface area (Å²) in [5.41, 5.74) is 1.06. The minimum Gasteiger partial charge on any atom is -0.467 e. The first-order chi connectivity index (χ1) is 6.36. The van der Waals surface area contributed by atoms with Crippen LogP contribution in [0.5, 0.6) is 6.01 Å². The molecule has 0 unspecified atom stereocenters. The molecule has 0 amide bonds. The highest BCUT2D eigenvalue weighted by atomic mass is 16.5. The van der Waals surface area contributed by atoms with E-state index in [1.54, 1.807) is 19.5 Å². The zero-order chi connectivity index (χ0) is 9.52. The van der Waals surface area contributed by atoms with Crippen LogP contribution in [0, 0.1) is 0 Å². The van der Waals surface area contributed by atoms with E-state index in [0.29, 0.717) is 12.6 Å². The molecule has 0 bridgehead atoms. The van der Waals surface area contributed by atoms with E-state index < -0.39 is 0 Å². The van der Waals surface area contributed by atoms with Crippen molar-refractivity contribution in [3.8, 4) is 6.01 Å². The molecule has 0 saturated carbocycles. The van der Waals surface area contributed by atoms with Crippen LogP contribution in [0.1, 0.15) is 12.5 Å². The molecule has 4 nitrogen and oxygen atoms in total. The van der Waals surface area contributed by atoms with Crippen LogP contribution in [0.3, 0.4) is 0 Å². The standard InChI is InChI=1S/C9H14N2O2/c1-3-13-5-4-8-6-10-9(12-2)11-7-8/h6-7H,3-5H2,1-2H3. The Labute approximate surface area is 77.9 Å². The molecule has 13 heavy (non-hydrogen) atoms. The molecule has 0 radical (unpaired) electrons. The van der Waals surface area contributed by atoms with Crippen molar-refractivity contribution in [2.75, 3.05) is 20.3 Å². The van der Waals surface area contributed by atoms with E-state index in [1.165, 1.54) is 0 Å². The predicted octanol–water partition coefficient (Wildman–Crippen LogP) is 1.06. The molecule has 0 aliphatic carbocycles. The van der Waals surface area contributed by atoms with Crippen molar-refractivity contribution >= 4 is 0 Å². The first kappa shape index (κ1) is 9.92. The number of methoxy groups -OCH3 is 1. The van der Waals surface area contributed by atoms with Crippen LogP contribution in [-0.4, -0.2) is 30.3 Å². The monoisotopic (exact) mass is 182 g/mol. The fraction of sp³-hybridized carbons (Fsp3) is 0.556. The lowest BCUT2D eigenvalue weighted by Crippen LogP contribution is -2.00. The van der Waals surface area contributed by atoms with Crippen LogP contribution in [0.15, 0.2) is 12.4 Å². The summed E-state index contributed by atoms with van der Waals surface area (Å²) in [5.74, 6) is 0. The lowest BCUT2D eigenvalue weighted by Gasteiger charge is -2.01. The maximum atomic E-state index is 5.21. The SMILES string of the molecule is CCOCCc1cnc(OC)nc1. The highest BCUT2D eigenvalue weighted by molar-refractivity contribution is 5.07. The second-order valence-corrected chi connectivity index (χ2v) is 2.52. The van der Waals surface area contributed by atoms with Gasteiger partial charge in [0, 0.05) is 19.0 Å². The van der Waals surface area contributed by atoms with E-state index in [9.17, 15) is 0 Å². The highest BCUT2D eigenvalue weighted by Gasteiger charge is 1.96. The van der Waals surface area contributed by atoms with E-state index in [0.717, 1.165) is 18.6 Å². The summed E-state index contributed by atoms with van der Waals surface area (Å²) in [6, 6.07) is 0.403. The normalized spacial score (nSPS) is 10.0. The zero-order valence-electron chi connectivity index (χ0n) is 7.99. The average Bonchev–Trinajstić information content (AvgIpc) is 2.19.